The van der Waals surface area contributed by atoms with Crippen LogP contribution in [0, 0.1) is 0 Å². The molecule has 0 fully saturated rings. The highest BCUT2D eigenvalue weighted by Crippen LogP contribution is 2.21. The topological polar surface area (TPSA) is 54.6 Å². The zero-order valence-corrected chi connectivity index (χ0v) is 13.0. The molecule has 0 aliphatic carbocycles. The van der Waals surface area contributed by atoms with E-state index in [9.17, 15) is 9.90 Å². The molecule has 1 N–H and O–H groups in total. The zero-order valence-electron chi connectivity index (χ0n) is 11.4. The summed E-state index contributed by atoms with van der Waals surface area (Å²) in [5.74, 6) is 0.0422. The highest BCUT2D eigenvalue weighted by Gasteiger charge is 2.19. The summed E-state index contributed by atoms with van der Waals surface area (Å²) in [5, 5.41) is 9.34. The maximum absolute atomic E-state index is 12.8. The number of nitrogens with zero attached hydrogens (tertiary/aromatic N) is 2. The Morgan fingerprint density at radius 2 is 1.95 bits per heavy atom. The first kappa shape index (κ1) is 13.8. The van der Waals surface area contributed by atoms with E-state index in [-0.39, 0.29) is 11.5 Å². The number of rotatable bonds is 3. The van der Waals surface area contributed by atoms with Gasteiger partial charge in [-0.05, 0) is 58.7 Å². The van der Waals surface area contributed by atoms with Crippen LogP contribution in [0.1, 0.15) is 28.7 Å². The van der Waals surface area contributed by atoms with Crippen LogP contribution < -0.4 is 0 Å². The van der Waals surface area contributed by atoms with Crippen molar-refractivity contribution < 1.29 is 9.90 Å². The Morgan fingerprint density at radius 1 is 1.24 bits per heavy atom. The molecule has 2 aromatic heterocycles. The number of fused-ring (bicyclic) bond motifs is 1. The quantitative estimate of drug-likeness (QED) is 0.738. The largest absolute Gasteiger partial charge is 0.508 e. The summed E-state index contributed by atoms with van der Waals surface area (Å²) in [7, 11) is 0. The summed E-state index contributed by atoms with van der Waals surface area (Å²) in [6.45, 7) is 1.98. The van der Waals surface area contributed by atoms with Crippen molar-refractivity contribution in [2.45, 2.75) is 13.3 Å². The van der Waals surface area contributed by atoms with Gasteiger partial charge in [0.25, 0.3) is 0 Å². The van der Waals surface area contributed by atoms with Crippen molar-refractivity contribution in [3.8, 4) is 5.75 Å². The molecule has 3 rings (SSSR count). The first-order valence-corrected chi connectivity index (χ1v) is 7.39. The van der Waals surface area contributed by atoms with E-state index in [1.54, 1.807) is 16.5 Å². The zero-order chi connectivity index (χ0) is 15.0. The highest BCUT2D eigenvalue weighted by atomic mass is 79.9. The molecule has 0 unspecified atom stereocenters. The molecule has 1 aromatic carbocycles. The maximum atomic E-state index is 12.8. The number of aromatic nitrogens is 2. The number of benzene rings is 1. The molecular formula is C16H13BrN2O2. The van der Waals surface area contributed by atoms with Gasteiger partial charge >= 0.3 is 0 Å². The van der Waals surface area contributed by atoms with Gasteiger partial charge in [0.15, 0.2) is 0 Å². The highest BCUT2D eigenvalue weighted by molar-refractivity contribution is 9.10. The number of carbonyl (C=O) groups excluding carboxylic acids is 1. The number of aryl methyl sites for hydroxylation is 1. The molecule has 0 spiro atoms. The fraction of sp³-hybridized carbons (Fsp3) is 0.125. The molecule has 21 heavy (non-hydrogen) atoms. The molecule has 106 valence electrons. The minimum atomic E-state index is -0.0996. The van der Waals surface area contributed by atoms with Gasteiger partial charge in [0.05, 0.1) is 5.69 Å². The SMILES string of the molecule is CCc1nc2ccc(Br)cn2c1C(=O)c1ccc(O)cc1. The summed E-state index contributed by atoms with van der Waals surface area (Å²) in [6.07, 6.45) is 2.52. The van der Waals surface area contributed by atoms with Crippen LogP contribution in [0.3, 0.4) is 0 Å². The molecule has 2 heterocycles. The lowest BCUT2D eigenvalue weighted by molar-refractivity contribution is 0.103. The van der Waals surface area contributed by atoms with Gasteiger partial charge in [0.2, 0.25) is 5.78 Å². The molecule has 0 bridgehead atoms. The van der Waals surface area contributed by atoms with Crippen LogP contribution in [0.25, 0.3) is 5.65 Å². The molecule has 3 aromatic rings. The Kier molecular flexibility index (Phi) is 3.51. The predicted octanol–water partition coefficient (Wildman–Crippen LogP) is 3.60. The first-order chi connectivity index (χ1) is 10.1. The molecule has 0 saturated carbocycles. The number of phenolic OH excluding ortho intramolecular Hbond substituents is 1. The lowest BCUT2D eigenvalue weighted by atomic mass is 10.1. The standard InChI is InChI=1S/C16H13BrN2O2/c1-2-13-15(16(21)10-3-6-12(20)7-4-10)19-9-11(17)5-8-14(19)18-13/h3-9,20H,2H2,1H3. The van der Waals surface area contributed by atoms with Gasteiger partial charge in [-0.15, -0.1) is 0 Å². The predicted molar refractivity (Wildman–Crippen MR) is 83.8 cm³/mol. The van der Waals surface area contributed by atoms with Gasteiger partial charge in [-0.3, -0.25) is 9.20 Å². The Morgan fingerprint density at radius 3 is 2.62 bits per heavy atom. The molecule has 4 nitrogen and oxygen atoms in total. The third-order valence-electron chi connectivity index (χ3n) is 3.33. The normalized spacial score (nSPS) is 11.0. The van der Waals surface area contributed by atoms with E-state index in [2.05, 4.69) is 20.9 Å². The van der Waals surface area contributed by atoms with E-state index in [1.807, 2.05) is 25.3 Å². The van der Waals surface area contributed by atoms with Crippen molar-refractivity contribution in [3.63, 3.8) is 0 Å². The third-order valence-corrected chi connectivity index (χ3v) is 3.80. The van der Waals surface area contributed by atoms with Crippen LogP contribution in [-0.4, -0.2) is 20.3 Å². The average molecular weight is 345 g/mol. The molecule has 0 saturated heterocycles. The Bertz CT molecular complexity index is 822. The Hall–Kier alpha value is -2.14. The van der Waals surface area contributed by atoms with Gasteiger partial charge < -0.3 is 5.11 Å². The summed E-state index contributed by atoms with van der Waals surface area (Å²) in [6, 6.07) is 10.0. The second-order valence-corrected chi connectivity index (χ2v) is 5.63. The van der Waals surface area contributed by atoms with Crippen molar-refractivity contribution in [3.05, 3.63) is 64.0 Å². The van der Waals surface area contributed by atoms with Gasteiger partial charge in [-0.1, -0.05) is 6.92 Å². The van der Waals surface area contributed by atoms with Crippen LogP contribution in [0.4, 0.5) is 0 Å². The Balaban J connectivity index is 2.20. The summed E-state index contributed by atoms with van der Waals surface area (Å²) < 4.78 is 2.69. The number of hydrogen-bond acceptors (Lipinski definition) is 3. The second-order valence-electron chi connectivity index (χ2n) is 4.71. The van der Waals surface area contributed by atoms with Crippen molar-refractivity contribution in [1.82, 2.24) is 9.38 Å². The van der Waals surface area contributed by atoms with Gasteiger partial charge in [-0.2, -0.15) is 0 Å². The smallest absolute Gasteiger partial charge is 0.211 e. The van der Waals surface area contributed by atoms with E-state index in [0.29, 0.717) is 17.7 Å². The number of phenols is 1. The summed E-state index contributed by atoms with van der Waals surface area (Å²) >= 11 is 3.42. The maximum Gasteiger partial charge on any atom is 0.211 e. The molecule has 0 aliphatic rings. The van der Waals surface area contributed by atoms with Gasteiger partial charge in [-0.25, -0.2) is 4.98 Å². The first-order valence-electron chi connectivity index (χ1n) is 6.60. The summed E-state index contributed by atoms with van der Waals surface area (Å²) in [4.78, 5) is 17.3. The lowest BCUT2D eigenvalue weighted by Gasteiger charge is -2.04. The fourth-order valence-electron chi connectivity index (χ4n) is 2.30. The molecule has 0 atom stereocenters. The van der Waals surface area contributed by atoms with E-state index in [1.165, 1.54) is 12.1 Å². The molecule has 0 aliphatic heterocycles. The molecule has 0 radical (unpaired) electrons. The number of carbonyl (C=O) groups is 1. The van der Waals surface area contributed by atoms with Crippen LogP contribution in [0.5, 0.6) is 5.75 Å². The van der Waals surface area contributed by atoms with Crippen LogP contribution in [0.15, 0.2) is 47.1 Å². The van der Waals surface area contributed by atoms with Crippen molar-refractivity contribution in [1.29, 1.82) is 0 Å². The Labute approximate surface area is 130 Å². The number of aromatic hydroxyl groups is 1. The van der Waals surface area contributed by atoms with Gasteiger partial charge in [0, 0.05) is 16.2 Å². The minimum Gasteiger partial charge on any atom is -0.508 e. The molecular weight excluding hydrogens is 332 g/mol. The van der Waals surface area contributed by atoms with E-state index < -0.39 is 0 Å². The fourth-order valence-corrected chi connectivity index (χ4v) is 2.64. The molecule has 0 amide bonds. The van der Waals surface area contributed by atoms with Gasteiger partial charge in [0.1, 0.15) is 17.1 Å². The van der Waals surface area contributed by atoms with Crippen LogP contribution >= 0.6 is 15.9 Å². The second kappa shape index (κ2) is 5.33. The van der Waals surface area contributed by atoms with Crippen LogP contribution in [-0.2, 0) is 6.42 Å². The monoisotopic (exact) mass is 344 g/mol. The minimum absolute atomic E-state index is 0.0996. The number of ketones is 1. The van der Waals surface area contributed by atoms with Crippen molar-refractivity contribution in [2.75, 3.05) is 0 Å². The number of pyridine rings is 1. The number of halogens is 1. The number of imidazole rings is 1. The van der Waals surface area contributed by atoms with Crippen molar-refractivity contribution >= 4 is 27.4 Å². The summed E-state index contributed by atoms with van der Waals surface area (Å²) in [5.41, 5.74) is 2.62. The lowest BCUT2D eigenvalue weighted by Crippen LogP contribution is -2.08. The van der Waals surface area contributed by atoms with E-state index >= 15 is 0 Å². The number of hydrogen-bond donors (Lipinski definition) is 1. The van der Waals surface area contributed by atoms with E-state index in [4.69, 9.17) is 0 Å². The van der Waals surface area contributed by atoms with E-state index in [0.717, 1.165) is 15.8 Å². The average Bonchev–Trinajstić information content (AvgIpc) is 2.85. The van der Waals surface area contributed by atoms with Crippen molar-refractivity contribution in [2.24, 2.45) is 0 Å². The van der Waals surface area contributed by atoms with Crippen LogP contribution in [0.2, 0.25) is 0 Å². The molecule has 5 heteroatoms. The third kappa shape index (κ3) is 2.45.